The molecular weight excluding hydrogens is 839 g/mol. The van der Waals surface area contributed by atoms with Crippen LogP contribution >= 0.6 is 15.8 Å². The van der Waals surface area contributed by atoms with Gasteiger partial charge in [-0.05, 0) is 61.4 Å². The van der Waals surface area contributed by atoms with E-state index in [0.29, 0.717) is 0 Å². The second-order valence-electron chi connectivity index (χ2n) is 11.0. The summed E-state index contributed by atoms with van der Waals surface area (Å²) < 4.78 is 120. The second kappa shape index (κ2) is 21.7. The first-order valence-electron chi connectivity index (χ1n) is 15.7. The van der Waals surface area contributed by atoms with E-state index in [1.807, 2.05) is 0 Å². The first-order valence-corrected chi connectivity index (χ1v) is 19.2. The Balaban J connectivity index is 0.000000269. The fourth-order valence-corrected chi connectivity index (χ4v) is 10.5. The molecule has 0 bridgehead atoms. The van der Waals surface area contributed by atoms with Crippen LogP contribution in [0.25, 0.3) is 0 Å². The summed E-state index contributed by atoms with van der Waals surface area (Å²) in [4.78, 5) is 0. The summed E-state index contributed by atoms with van der Waals surface area (Å²) in [6, 6.07) is 46.7. The number of benzene rings is 6. The van der Waals surface area contributed by atoms with Crippen LogP contribution in [-0.2, 0) is 20.4 Å². The molecule has 0 saturated carbocycles. The van der Waals surface area contributed by atoms with Crippen molar-refractivity contribution in [2.75, 3.05) is 12.3 Å². The van der Waals surface area contributed by atoms with Gasteiger partial charge in [0.25, 0.3) is 0 Å². The Labute approximate surface area is 317 Å². The van der Waals surface area contributed by atoms with E-state index in [0.717, 1.165) is 12.1 Å². The van der Waals surface area contributed by atoms with Crippen molar-refractivity contribution in [2.45, 2.75) is 12.8 Å². The molecule has 0 nitrogen and oxygen atoms in total. The van der Waals surface area contributed by atoms with Crippen LogP contribution in [0.5, 0.6) is 0 Å². The Morgan fingerprint density at radius 1 is 0.321 bits per heavy atom. The largest absolute Gasteiger partial charge is 2.00 e. The van der Waals surface area contributed by atoms with Gasteiger partial charge in [0.1, 0.15) is 0 Å². The fraction of sp³-hybridized carbons (Fsp3) is 0.100. The summed E-state index contributed by atoms with van der Waals surface area (Å²) in [7, 11) is -1.43. The van der Waals surface area contributed by atoms with Gasteiger partial charge in [0.15, 0.2) is 0 Å². The first-order chi connectivity index (χ1) is 25.0. The van der Waals surface area contributed by atoms with E-state index in [1.165, 1.54) is 46.4 Å². The maximum absolute atomic E-state index is 12.0. The van der Waals surface area contributed by atoms with Crippen LogP contribution in [0.1, 0.15) is 12.8 Å². The summed E-state index contributed by atoms with van der Waals surface area (Å²) in [5, 5.41) is 6.13. The quantitative estimate of drug-likeness (QED) is 0.0259. The van der Waals surface area contributed by atoms with Gasteiger partial charge in [-0.15, -0.1) is 12.1 Å². The summed E-state index contributed by atoms with van der Waals surface area (Å²) in [5.74, 6) is -20.1. The van der Waals surface area contributed by atoms with Gasteiger partial charge < -0.3 is 0 Å². The van der Waals surface area contributed by atoms with Crippen LogP contribution < -0.4 is 21.2 Å². The third-order valence-electron chi connectivity index (χ3n) is 7.57. The SMILES string of the molecule is Fc1[c-]c(F)c(F)c(F)c1F.Fc1[c-]c(F)c(F)c(F)c1F.[Pd+2].c1ccc([PH+](CCCC[PH+](c2ccccc2)c2ccccc2)c2ccccc2)cc1. The maximum Gasteiger partial charge on any atom is 2.00 e. The van der Waals surface area contributed by atoms with Gasteiger partial charge in [-0.3, -0.25) is 17.6 Å². The minimum atomic E-state index is -2.17. The molecule has 0 radical (unpaired) electrons. The van der Waals surface area contributed by atoms with E-state index < -0.39 is 74.0 Å². The van der Waals surface area contributed by atoms with Gasteiger partial charge in [-0.1, -0.05) is 72.8 Å². The van der Waals surface area contributed by atoms with Crippen LogP contribution in [-0.4, -0.2) is 12.3 Å². The summed E-state index contributed by atoms with van der Waals surface area (Å²) in [6.45, 7) is 0. The monoisotopic (exact) mass is 868 g/mol. The van der Waals surface area contributed by atoms with Gasteiger partial charge >= 0.3 is 20.4 Å². The molecule has 0 fully saturated rings. The number of hydrogen-bond acceptors (Lipinski definition) is 0. The van der Waals surface area contributed by atoms with Crippen molar-refractivity contribution >= 4 is 37.1 Å². The van der Waals surface area contributed by atoms with Gasteiger partial charge in [-0.25, -0.2) is 26.3 Å². The average Bonchev–Trinajstić information content (AvgIpc) is 3.18. The number of unbranched alkanes of at least 4 members (excludes halogenated alkanes) is 1. The Hall–Kier alpha value is -3.86. The Kier molecular flexibility index (Phi) is 17.9. The zero-order chi connectivity index (χ0) is 37.6. The van der Waals surface area contributed by atoms with E-state index in [1.54, 1.807) is 0 Å². The van der Waals surface area contributed by atoms with Gasteiger partial charge in [0, 0.05) is 0 Å². The van der Waals surface area contributed by atoms with Crippen LogP contribution in [0.2, 0.25) is 0 Å². The van der Waals surface area contributed by atoms with Crippen molar-refractivity contribution in [1.29, 1.82) is 0 Å². The van der Waals surface area contributed by atoms with Gasteiger partial charge in [-0.2, -0.15) is 0 Å². The van der Waals surface area contributed by atoms with Crippen LogP contribution in [0.15, 0.2) is 121 Å². The molecule has 0 atom stereocenters. The molecule has 0 spiro atoms. The van der Waals surface area contributed by atoms with Crippen LogP contribution in [0.4, 0.5) is 43.9 Å². The molecule has 0 amide bonds. The molecular formula is C40H30F10P2Pd+2. The van der Waals surface area contributed by atoms with Crippen molar-refractivity contribution in [3.05, 3.63) is 192 Å². The van der Waals surface area contributed by atoms with Crippen molar-refractivity contribution in [2.24, 2.45) is 0 Å². The zero-order valence-corrected chi connectivity index (χ0v) is 31.0. The second-order valence-corrected chi connectivity index (χ2v) is 16.2. The van der Waals surface area contributed by atoms with Crippen molar-refractivity contribution in [1.82, 2.24) is 0 Å². The van der Waals surface area contributed by atoms with Crippen molar-refractivity contribution in [3.8, 4) is 0 Å². The number of rotatable bonds is 9. The zero-order valence-electron chi connectivity index (χ0n) is 27.5. The predicted molar refractivity (Wildman–Crippen MR) is 190 cm³/mol. The topological polar surface area (TPSA) is 0 Å². The summed E-state index contributed by atoms with van der Waals surface area (Å²) in [5.41, 5.74) is 0. The standard InChI is InChI=1S/C28H28P2.2C6F5.Pd/c1-5-15-25(16-6-1)29(26-17-7-2-8-18-26)23-13-14-24-30(27-19-9-3-10-20-27)28-21-11-4-12-22-28;2*7-2-1-3(8)5(10)6(11)4(2)9;/h1-12,15-22H,13-14,23-24H2;;;/q;2*-1;+2/p+2. The molecule has 0 aliphatic heterocycles. The van der Waals surface area contributed by atoms with Gasteiger partial charge in [0.05, 0.1) is 108 Å². The van der Waals surface area contributed by atoms with Gasteiger partial charge in [0.2, 0.25) is 0 Å². The predicted octanol–water partition coefficient (Wildman–Crippen LogP) is 9.86. The maximum atomic E-state index is 12.0. The average molecular weight is 869 g/mol. The van der Waals surface area contributed by atoms with E-state index in [2.05, 4.69) is 121 Å². The van der Waals surface area contributed by atoms with E-state index >= 15 is 0 Å². The van der Waals surface area contributed by atoms with E-state index in [9.17, 15) is 43.9 Å². The fourth-order valence-electron chi connectivity index (χ4n) is 5.06. The molecule has 0 aromatic heterocycles. The number of hydrogen-bond donors (Lipinski definition) is 0. The van der Waals surface area contributed by atoms with Crippen LogP contribution in [0, 0.1) is 70.3 Å². The Morgan fingerprint density at radius 3 is 0.736 bits per heavy atom. The smallest absolute Gasteiger partial charge is 0.278 e. The van der Waals surface area contributed by atoms with E-state index in [4.69, 9.17) is 0 Å². The van der Waals surface area contributed by atoms with Crippen molar-refractivity contribution in [3.63, 3.8) is 0 Å². The molecule has 0 N–H and O–H groups in total. The molecule has 278 valence electrons. The normalized spacial score (nSPS) is 10.6. The third kappa shape index (κ3) is 12.3. The molecule has 0 heterocycles. The van der Waals surface area contributed by atoms with Crippen molar-refractivity contribution < 1.29 is 64.3 Å². The summed E-state index contributed by atoms with van der Waals surface area (Å²) in [6.07, 6.45) is 5.20. The molecule has 0 aliphatic rings. The molecule has 0 aliphatic carbocycles. The first kappa shape index (κ1) is 43.5. The molecule has 6 aromatic carbocycles. The Morgan fingerprint density at radius 2 is 0.528 bits per heavy atom. The summed E-state index contributed by atoms with van der Waals surface area (Å²) >= 11 is 0. The minimum absolute atomic E-state index is 0. The Bertz CT molecular complexity index is 1730. The van der Waals surface area contributed by atoms with E-state index in [-0.39, 0.29) is 20.4 Å². The van der Waals surface area contributed by atoms with Crippen LogP contribution in [0.3, 0.4) is 0 Å². The molecule has 53 heavy (non-hydrogen) atoms. The minimum Gasteiger partial charge on any atom is -0.278 e. The molecule has 0 unspecified atom stereocenters. The third-order valence-corrected chi connectivity index (χ3v) is 13.4. The molecule has 13 heteroatoms. The molecule has 6 rings (SSSR count). The molecule has 6 aromatic rings. The number of halogens is 10. The molecule has 0 saturated heterocycles.